The lowest BCUT2D eigenvalue weighted by molar-refractivity contribution is -0.126. The summed E-state index contributed by atoms with van der Waals surface area (Å²) in [7, 11) is 0. The van der Waals surface area contributed by atoms with Gasteiger partial charge in [-0.05, 0) is 31.7 Å². The van der Waals surface area contributed by atoms with E-state index in [1.165, 1.54) is 19.3 Å². The van der Waals surface area contributed by atoms with E-state index in [1.54, 1.807) is 0 Å². The molecule has 2 fully saturated rings. The van der Waals surface area contributed by atoms with Gasteiger partial charge in [0.05, 0.1) is 5.92 Å². The van der Waals surface area contributed by atoms with Gasteiger partial charge in [-0.1, -0.05) is 6.92 Å². The van der Waals surface area contributed by atoms with Crippen molar-refractivity contribution in [2.45, 2.75) is 32.2 Å². The monoisotopic (exact) mass is 182 g/mol. The molecule has 0 aromatic carbocycles. The van der Waals surface area contributed by atoms with Crippen molar-refractivity contribution in [3.63, 3.8) is 0 Å². The average molecular weight is 182 g/mol. The molecule has 0 bridgehead atoms. The minimum atomic E-state index is 0.209. The summed E-state index contributed by atoms with van der Waals surface area (Å²) in [5.74, 6) is 0.975. The molecule has 2 unspecified atom stereocenters. The number of hydrogen-bond acceptors (Lipinski definition) is 2. The highest BCUT2D eigenvalue weighted by Crippen LogP contribution is 2.21. The van der Waals surface area contributed by atoms with Crippen molar-refractivity contribution in [1.82, 2.24) is 10.6 Å². The van der Waals surface area contributed by atoms with E-state index in [0.29, 0.717) is 12.0 Å². The second-order valence-electron chi connectivity index (χ2n) is 4.38. The van der Waals surface area contributed by atoms with Crippen LogP contribution in [0.3, 0.4) is 0 Å². The Morgan fingerprint density at radius 1 is 1.38 bits per heavy atom. The zero-order valence-corrected chi connectivity index (χ0v) is 8.18. The number of hydrogen-bond donors (Lipinski definition) is 2. The van der Waals surface area contributed by atoms with Crippen molar-refractivity contribution in [3.8, 4) is 0 Å². The topological polar surface area (TPSA) is 41.1 Å². The van der Waals surface area contributed by atoms with Crippen LogP contribution in [0.5, 0.6) is 0 Å². The lowest BCUT2D eigenvalue weighted by Crippen LogP contribution is -2.44. The molecule has 13 heavy (non-hydrogen) atoms. The zero-order valence-electron chi connectivity index (χ0n) is 8.18. The predicted molar refractivity (Wildman–Crippen MR) is 51.3 cm³/mol. The van der Waals surface area contributed by atoms with E-state index in [4.69, 9.17) is 0 Å². The maximum absolute atomic E-state index is 11.7. The van der Waals surface area contributed by atoms with E-state index in [2.05, 4.69) is 17.6 Å². The summed E-state index contributed by atoms with van der Waals surface area (Å²) in [6.07, 6.45) is 3.64. The Kier molecular flexibility index (Phi) is 2.54. The van der Waals surface area contributed by atoms with E-state index in [9.17, 15) is 4.79 Å². The highest BCUT2D eigenvalue weighted by molar-refractivity contribution is 5.79. The quantitative estimate of drug-likeness (QED) is 0.653. The van der Waals surface area contributed by atoms with Gasteiger partial charge >= 0.3 is 0 Å². The van der Waals surface area contributed by atoms with Crippen molar-refractivity contribution in [2.75, 3.05) is 13.1 Å². The summed E-state index contributed by atoms with van der Waals surface area (Å²) in [5, 5.41) is 6.36. The predicted octanol–water partition coefficient (Wildman–Crippen LogP) is 0.511. The molecule has 0 aromatic rings. The lowest BCUT2D eigenvalue weighted by Gasteiger charge is -2.28. The van der Waals surface area contributed by atoms with Crippen LogP contribution in [-0.4, -0.2) is 25.0 Å². The molecule has 3 heteroatoms. The summed E-state index contributed by atoms with van der Waals surface area (Å²) in [6.45, 7) is 3.99. The second kappa shape index (κ2) is 3.66. The van der Waals surface area contributed by atoms with Gasteiger partial charge in [0.1, 0.15) is 0 Å². The Morgan fingerprint density at radius 2 is 2.15 bits per heavy atom. The van der Waals surface area contributed by atoms with Crippen LogP contribution < -0.4 is 10.6 Å². The molecule has 1 aliphatic carbocycles. The molecule has 74 valence electrons. The fourth-order valence-corrected chi connectivity index (χ4v) is 2.02. The summed E-state index contributed by atoms with van der Waals surface area (Å²) in [5.41, 5.74) is 0. The van der Waals surface area contributed by atoms with Crippen LogP contribution in [0.25, 0.3) is 0 Å². The minimum Gasteiger partial charge on any atom is -0.353 e. The maximum atomic E-state index is 11.7. The van der Waals surface area contributed by atoms with Crippen molar-refractivity contribution in [2.24, 2.45) is 11.8 Å². The molecule has 3 nitrogen and oxygen atoms in total. The first-order valence-corrected chi connectivity index (χ1v) is 5.28. The van der Waals surface area contributed by atoms with Crippen molar-refractivity contribution >= 4 is 5.91 Å². The standard InChI is InChI=1S/C10H18N2O/c1-7-5-11-6-9(7)10(13)12-8-3-2-4-8/h7-9,11H,2-6H2,1H3,(H,12,13). The van der Waals surface area contributed by atoms with Gasteiger partial charge in [-0.3, -0.25) is 4.79 Å². The third kappa shape index (κ3) is 1.85. The van der Waals surface area contributed by atoms with Crippen molar-refractivity contribution < 1.29 is 4.79 Å². The van der Waals surface area contributed by atoms with E-state index < -0.39 is 0 Å². The molecule has 1 saturated heterocycles. The third-order valence-electron chi connectivity index (χ3n) is 3.31. The summed E-state index contributed by atoms with van der Waals surface area (Å²) in [6, 6.07) is 0.486. The highest BCUT2D eigenvalue weighted by Gasteiger charge is 2.31. The summed E-state index contributed by atoms with van der Waals surface area (Å²) >= 11 is 0. The number of nitrogens with one attached hydrogen (secondary N) is 2. The van der Waals surface area contributed by atoms with Gasteiger partial charge in [-0.15, -0.1) is 0 Å². The van der Waals surface area contributed by atoms with Gasteiger partial charge < -0.3 is 10.6 Å². The molecule has 2 N–H and O–H groups in total. The van der Waals surface area contributed by atoms with Crippen molar-refractivity contribution in [3.05, 3.63) is 0 Å². The Balaban J connectivity index is 1.81. The number of rotatable bonds is 2. The Morgan fingerprint density at radius 3 is 2.62 bits per heavy atom. The number of carbonyl (C=O) groups excluding carboxylic acids is 1. The smallest absolute Gasteiger partial charge is 0.224 e. The van der Waals surface area contributed by atoms with Crippen molar-refractivity contribution in [1.29, 1.82) is 0 Å². The molecular formula is C10H18N2O. The minimum absolute atomic E-state index is 0.209. The molecule has 0 aromatic heterocycles. The Hall–Kier alpha value is -0.570. The molecule has 1 amide bonds. The van der Waals surface area contributed by atoms with E-state index >= 15 is 0 Å². The molecule has 1 heterocycles. The SMILES string of the molecule is CC1CNCC1C(=O)NC1CCC1. The third-order valence-corrected chi connectivity index (χ3v) is 3.31. The Bertz CT molecular complexity index is 201. The van der Waals surface area contributed by atoms with Crippen LogP contribution >= 0.6 is 0 Å². The fourth-order valence-electron chi connectivity index (χ4n) is 2.02. The first-order valence-electron chi connectivity index (χ1n) is 5.28. The van der Waals surface area contributed by atoms with E-state index in [1.807, 2.05) is 0 Å². The van der Waals surface area contributed by atoms with Crippen LogP contribution in [0.1, 0.15) is 26.2 Å². The summed E-state index contributed by atoms with van der Waals surface area (Å²) < 4.78 is 0. The lowest BCUT2D eigenvalue weighted by atomic mass is 9.91. The normalized spacial score (nSPS) is 34.2. The first kappa shape index (κ1) is 9.00. The molecule has 2 rings (SSSR count). The van der Waals surface area contributed by atoms with E-state index in [-0.39, 0.29) is 11.8 Å². The van der Waals surface area contributed by atoms with Crippen LogP contribution in [0, 0.1) is 11.8 Å². The van der Waals surface area contributed by atoms with Gasteiger partial charge in [-0.2, -0.15) is 0 Å². The van der Waals surface area contributed by atoms with Gasteiger partial charge in [0, 0.05) is 12.6 Å². The van der Waals surface area contributed by atoms with Crippen LogP contribution in [0.15, 0.2) is 0 Å². The highest BCUT2D eigenvalue weighted by atomic mass is 16.2. The van der Waals surface area contributed by atoms with E-state index in [0.717, 1.165) is 13.1 Å². The molecule has 1 saturated carbocycles. The van der Waals surface area contributed by atoms with Gasteiger partial charge in [0.25, 0.3) is 0 Å². The van der Waals surface area contributed by atoms with Crippen LogP contribution in [0.2, 0.25) is 0 Å². The summed E-state index contributed by atoms with van der Waals surface area (Å²) in [4.78, 5) is 11.7. The largest absolute Gasteiger partial charge is 0.353 e. The van der Waals surface area contributed by atoms with Crippen LogP contribution in [-0.2, 0) is 4.79 Å². The maximum Gasteiger partial charge on any atom is 0.224 e. The molecule has 2 aliphatic rings. The number of carbonyl (C=O) groups is 1. The van der Waals surface area contributed by atoms with Gasteiger partial charge in [-0.25, -0.2) is 0 Å². The average Bonchev–Trinajstić information content (AvgIpc) is 2.43. The molecule has 1 aliphatic heterocycles. The molecule has 0 spiro atoms. The van der Waals surface area contributed by atoms with Gasteiger partial charge in [0.2, 0.25) is 5.91 Å². The zero-order chi connectivity index (χ0) is 9.26. The number of amides is 1. The van der Waals surface area contributed by atoms with Crippen LogP contribution in [0.4, 0.5) is 0 Å². The fraction of sp³-hybridized carbons (Fsp3) is 0.900. The second-order valence-corrected chi connectivity index (χ2v) is 4.38. The molecular weight excluding hydrogens is 164 g/mol. The van der Waals surface area contributed by atoms with Gasteiger partial charge in [0.15, 0.2) is 0 Å². The Labute approximate surface area is 79.3 Å². The first-order chi connectivity index (χ1) is 6.27. The molecule has 0 radical (unpaired) electrons. The molecule has 2 atom stereocenters.